The zero-order valence-corrected chi connectivity index (χ0v) is 10.1. The molecule has 0 saturated heterocycles. The Morgan fingerprint density at radius 1 is 0.737 bits per heavy atom. The van der Waals surface area contributed by atoms with Crippen molar-refractivity contribution >= 4 is 0 Å². The largest absolute Gasteiger partial charge is 0.265 e. The zero-order chi connectivity index (χ0) is 13.1. The fraction of sp³-hybridized carbons (Fsp3) is 0. The van der Waals surface area contributed by atoms with Gasteiger partial charge in [-0.15, -0.1) is 0 Å². The molecule has 0 atom stereocenters. The van der Waals surface area contributed by atoms with Crippen molar-refractivity contribution in [3.05, 3.63) is 73.1 Å². The molecule has 3 rings (SSSR count). The monoisotopic (exact) mass is 250 g/mol. The molecular formula is C16H11FN2. The minimum absolute atomic E-state index is 0.253. The van der Waals surface area contributed by atoms with E-state index in [0.29, 0.717) is 0 Å². The summed E-state index contributed by atoms with van der Waals surface area (Å²) in [6, 6.07) is 12.4. The third kappa shape index (κ3) is 2.36. The Morgan fingerprint density at radius 2 is 1.58 bits per heavy atom. The standard InChI is InChI=1S/C16H11FN2/c17-14-3-4-15(12-5-8-18-9-6-12)16(10-14)13-2-1-7-19-11-13/h1-11H. The minimum atomic E-state index is -0.253. The van der Waals surface area contributed by atoms with E-state index in [4.69, 9.17) is 0 Å². The van der Waals surface area contributed by atoms with Gasteiger partial charge in [0.05, 0.1) is 0 Å². The van der Waals surface area contributed by atoms with E-state index in [1.54, 1.807) is 30.9 Å². The van der Waals surface area contributed by atoms with Crippen LogP contribution in [-0.4, -0.2) is 9.97 Å². The van der Waals surface area contributed by atoms with Crippen LogP contribution in [0.5, 0.6) is 0 Å². The van der Waals surface area contributed by atoms with Crippen LogP contribution < -0.4 is 0 Å². The Balaban J connectivity index is 2.21. The van der Waals surface area contributed by atoms with Crippen LogP contribution in [0.2, 0.25) is 0 Å². The zero-order valence-electron chi connectivity index (χ0n) is 10.1. The predicted molar refractivity (Wildman–Crippen MR) is 72.9 cm³/mol. The number of halogens is 1. The maximum absolute atomic E-state index is 13.5. The summed E-state index contributed by atoms with van der Waals surface area (Å²) >= 11 is 0. The summed E-state index contributed by atoms with van der Waals surface area (Å²) in [7, 11) is 0. The van der Waals surface area contributed by atoms with Crippen molar-refractivity contribution in [3.63, 3.8) is 0 Å². The lowest BCUT2D eigenvalue weighted by atomic mass is 9.96. The summed E-state index contributed by atoms with van der Waals surface area (Å²) in [6.45, 7) is 0. The maximum atomic E-state index is 13.5. The molecule has 0 amide bonds. The fourth-order valence-corrected chi connectivity index (χ4v) is 2.06. The molecule has 92 valence electrons. The highest BCUT2D eigenvalue weighted by molar-refractivity contribution is 5.82. The quantitative estimate of drug-likeness (QED) is 0.688. The minimum Gasteiger partial charge on any atom is -0.265 e. The summed E-state index contributed by atoms with van der Waals surface area (Å²) in [5, 5.41) is 0. The lowest BCUT2D eigenvalue weighted by Gasteiger charge is -2.09. The van der Waals surface area contributed by atoms with Crippen LogP contribution in [-0.2, 0) is 0 Å². The van der Waals surface area contributed by atoms with Gasteiger partial charge in [0.25, 0.3) is 0 Å². The van der Waals surface area contributed by atoms with Crippen molar-refractivity contribution in [2.45, 2.75) is 0 Å². The van der Waals surface area contributed by atoms with Gasteiger partial charge in [0.1, 0.15) is 5.82 Å². The van der Waals surface area contributed by atoms with Gasteiger partial charge in [0.15, 0.2) is 0 Å². The lowest BCUT2D eigenvalue weighted by Crippen LogP contribution is -1.88. The highest BCUT2D eigenvalue weighted by Gasteiger charge is 2.08. The second kappa shape index (κ2) is 4.98. The van der Waals surface area contributed by atoms with E-state index in [-0.39, 0.29) is 5.82 Å². The van der Waals surface area contributed by atoms with Gasteiger partial charge in [-0.1, -0.05) is 12.1 Å². The van der Waals surface area contributed by atoms with E-state index in [1.807, 2.05) is 24.3 Å². The first-order valence-electron chi connectivity index (χ1n) is 5.95. The molecule has 2 heterocycles. The van der Waals surface area contributed by atoms with Gasteiger partial charge >= 0.3 is 0 Å². The molecule has 19 heavy (non-hydrogen) atoms. The Morgan fingerprint density at radius 3 is 2.32 bits per heavy atom. The summed E-state index contributed by atoms with van der Waals surface area (Å²) in [4.78, 5) is 8.10. The van der Waals surface area contributed by atoms with Crippen molar-refractivity contribution < 1.29 is 4.39 Å². The molecule has 0 unspecified atom stereocenters. The Bertz CT molecular complexity index is 682. The number of rotatable bonds is 2. The van der Waals surface area contributed by atoms with Crippen molar-refractivity contribution in [1.29, 1.82) is 0 Å². The number of hydrogen-bond acceptors (Lipinski definition) is 2. The molecule has 0 spiro atoms. The van der Waals surface area contributed by atoms with Gasteiger partial charge < -0.3 is 0 Å². The summed E-state index contributed by atoms with van der Waals surface area (Å²) in [5.41, 5.74) is 3.71. The Hall–Kier alpha value is -2.55. The van der Waals surface area contributed by atoms with Gasteiger partial charge in [-0.05, 0) is 47.0 Å². The third-order valence-corrected chi connectivity index (χ3v) is 2.95. The first kappa shape index (κ1) is 11.5. The molecule has 0 saturated carbocycles. The normalized spacial score (nSPS) is 10.4. The lowest BCUT2D eigenvalue weighted by molar-refractivity contribution is 0.628. The molecular weight excluding hydrogens is 239 g/mol. The van der Waals surface area contributed by atoms with Gasteiger partial charge in [0.2, 0.25) is 0 Å². The maximum Gasteiger partial charge on any atom is 0.123 e. The van der Waals surface area contributed by atoms with Crippen LogP contribution in [0.4, 0.5) is 4.39 Å². The van der Waals surface area contributed by atoms with Crippen LogP contribution in [0.3, 0.4) is 0 Å². The number of pyridine rings is 2. The van der Waals surface area contributed by atoms with Crippen LogP contribution in [0, 0.1) is 5.82 Å². The molecule has 1 aromatic carbocycles. The first-order chi connectivity index (χ1) is 9.34. The van der Waals surface area contributed by atoms with Gasteiger partial charge in [-0.25, -0.2) is 4.39 Å². The second-order valence-electron chi connectivity index (χ2n) is 4.17. The van der Waals surface area contributed by atoms with Crippen molar-refractivity contribution in [2.24, 2.45) is 0 Å². The SMILES string of the molecule is Fc1ccc(-c2ccncc2)c(-c2cccnc2)c1. The summed E-state index contributed by atoms with van der Waals surface area (Å²) < 4.78 is 13.5. The molecule has 3 heteroatoms. The molecule has 2 nitrogen and oxygen atoms in total. The van der Waals surface area contributed by atoms with Crippen molar-refractivity contribution in [2.75, 3.05) is 0 Å². The van der Waals surface area contributed by atoms with E-state index >= 15 is 0 Å². The second-order valence-corrected chi connectivity index (χ2v) is 4.17. The Kier molecular flexibility index (Phi) is 3.02. The summed E-state index contributed by atoms with van der Waals surface area (Å²) in [6.07, 6.45) is 6.89. The molecule has 0 aliphatic heterocycles. The number of hydrogen-bond donors (Lipinski definition) is 0. The predicted octanol–water partition coefficient (Wildman–Crippen LogP) is 3.95. The van der Waals surface area contributed by atoms with Gasteiger partial charge in [-0.3, -0.25) is 9.97 Å². The smallest absolute Gasteiger partial charge is 0.123 e. The van der Waals surface area contributed by atoms with Crippen LogP contribution in [0.15, 0.2) is 67.3 Å². The van der Waals surface area contributed by atoms with Gasteiger partial charge in [0, 0.05) is 30.4 Å². The molecule has 0 aliphatic rings. The average molecular weight is 250 g/mol. The number of aromatic nitrogens is 2. The van der Waals surface area contributed by atoms with E-state index in [0.717, 1.165) is 22.3 Å². The Labute approximate surface area is 110 Å². The highest BCUT2D eigenvalue weighted by Crippen LogP contribution is 2.31. The molecule has 0 radical (unpaired) electrons. The first-order valence-corrected chi connectivity index (χ1v) is 5.95. The van der Waals surface area contributed by atoms with Gasteiger partial charge in [-0.2, -0.15) is 0 Å². The van der Waals surface area contributed by atoms with Crippen LogP contribution in [0.1, 0.15) is 0 Å². The van der Waals surface area contributed by atoms with Crippen LogP contribution >= 0.6 is 0 Å². The highest BCUT2D eigenvalue weighted by atomic mass is 19.1. The molecule has 0 bridgehead atoms. The summed E-state index contributed by atoms with van der Waals surface area (Å²) in [5.74, 6) is -0.253. The van der Waals surface area contributed by atoms with E-state index in [2.05, 4.69) is 9.97 Å². The van der Waals surface area contributed by atoms with Crippen molar-refractivity contribution in [3.8, 4) is 22.3 Å². The number of benzene rings is 1. The molecule has 0 fully saturated rings. The molecule has 2 aromatic heterocycles. The topological polar surface area (TPSA) is 25.8 Å². The molecule has 0 N–H and O–H groups in total. The third-order valence-electron chi connectivity index (χ3n) is 2.95. The molecule has 3 aromatic rings. The fourth-order valence-electron chi connectivity index (χ4n) is 2.06. The van der Waals surface area contributed by atoms with E-state index in [9.17, 15) is 4.39 Å². The average Bonchev–Trinajstić information content (AvgIpc) is 2.49. The van der Waals surface area contributed by atoms with Crippen molar-refractivity contribution in [1.82, 2.24) is 9.97 Å². The van der Waals surface area contributed by atoms with Crippen LogP contribution in [0.25, 0.3) is 22.3 Å². The van der Waals surface area contributed by atoms with E-state index in [1.165, 1.54) is 12.1 Å². The number of nitrogens with zero attached hydrogens (tertiary/aromatic N) is 2. The molecule has 0 aliphatic carbocycles. The van der Waals surface area contributed by atoms with E-state index < -0.39 is 0 Å².